The van der Waals surface area contributed by atoms with Gasteiger partial charge in [0.25, 0.3) is 0 Å². The standard InChI is InChI=1S/C37H56O10/c1-18-15-21-28(32(5,6)42)47-37(46-21)27(18)33(7)13-14-36-17-35(36)12-11-24(45-29-25(40)26(44-19(2)38)20(39)16-43-29)31(3,4)22(35)9-10-23(36)34(33,8)30(37)41/h10,18,20-22,24-30,39-42H,9,11-17H2,1-8H3/t18-,20-,21-,22-,24+,25-,26+,27-,28-,29+,30-,33-,34-,35-,36+,37+/m1/s1. The highest BCUT2D eigenvalue weighted by Gasteiger charge is 2.86. The molecule has 3 spiro atoms. The summed E-state index contributed by atoms with van der Waals surface area (Å²) in [5.41, 5.74) is -0.600. The summed E-state index contributed by atoms with van der Waals surface area (Å²) in [6.07, 6.45) is 2.77. The van der Waals surface area contributed by atoms with Gasteiger partial charge in [-0.25, -0.2) is 0 Å². The number of rotatable bonds is 4. The lowest BCUT2D eigenvalue weighted by molar-refractivity contribution is -0.302. The third-order valence-corrected chi connectivity index (χ3v) is 15.5. The molecule has 0 unspecified atom stereocenters. The van der Waals surface area contributed by atoms with E-state index in [4.69, 9.17) is 23.7 Å². The zero-order valence-corrected chi connectivity index (χ0v) is 29.3. The molecule has 264 valence electrons. The van der Waals surface area contributed by atoms with Gasteiger partial charge in [-0.3, -0.25) is 4.79 Å². The summed E-state index contributed by atoms with van der Waals surface area (Å²) in [5, 5.41) is 45.1. The van der Waals surface area contributed by atoms with E-state index in [9.17, 15) is 25.2 Å². The quantitative estimate of drug-likeness (QED) is 0.261. The summed E-state index contributed by atoms with van der Waals surface area (Å²) in [7, 11) is 0. The number of allylic oxidation sites excluding steroid dienone is 1. The Kier molecular flexibility index (Phi) is 6.90. The van der Waals surface area contributed by atoms with Crippen LogP contribution in [0, 0.1) is 44.8 Å². The predicted octanol–water partition coefficient (Wildman–Crippen LogP) is 3.61. The maximum atomic E-state index is 12.7. The van der Waals surface area contributed by atoms with Gasteiger partial charge in [0, 0.05) is 18.3 Å². The first kappa shape index (κ1) is 33.1. The summed E-state index contributed by atoms with van der Waals surface area (Å²) >= 11 is 0. The van der Waals surface area contributed by atoms with E-state index in [1.54, 1.807) is 13.8 Å². The highest BCUT2D eigenvalue weighted by atomic mass is 16.8. The topological polar surface area (TPSA) is 144 Å². The second-order valence-electron chi connectivity index (χ2n) is 18.4. The van der Waals surface area contributed by atoms with Gasteiger partial charge in [-0.05, 0) is 92.3 Å². The van der Waals surface area contributed by atoms with Crippen LogP contribution < -0.4 is 0 Å². The second-order valence-corrected chi connectivity index (χ2v) is 18.4. The molecule has 0 aromatic carbocycles. The first-order chi connectivity index (χ1) is 21.8. The first-order valence-electron chi connectivity index (χ1n) is 18.1. The number of hydrogen-bond acceptors (Lipinski definition) is 10. The maximum Gasteiger partial charge on any atom is 0.303 e. The molecule has 3 heterocycles. The summed E-state index contributed by atoms with van der Waals surface area (Å²) in [6, 6.07) is 0. The van der Waals surface area contributed by atoms with Crippen molar-refractivity contribution in [3.63, 3.8) is 0 Å². The summed E-state index contributed by atoms with van der Waals surface area (Å²) in [4.78, 5) is 11.7. The van der Waals surface area contributed by atoms with Gasteiger partial charge in [-0.15, -0.1) is 0 Å². The van der Waals surface area contributed by atoms with E-state index in [0.717, 1.165) is 44.9 Å². The fraction of sp³-hybridized carbons (Fsp3) is 0.919. The monoisotopic (exact) mass is 660 g/mol. The number of aliphatic hydroxyl groups excluding tert-OH is 3. The lowest BCUT2D eigenvalue weighted by atomic mass is 9.44. The number of ether oxygens (including phenoxy) is 5. The lowest BCUT2D eigenvalue weighted by Gasteiger charge is -2.60. The molecule has 5 aliphatic carbocycles. The number of carbonyl (C=O) groups is 1. The minimum absolute atomic E-state index is 0.000188. The average Bonchev–Trinajstić information content (AvgIpc) is 3.49. The van der Waals surface area contributed by atoms with Gasteiger partial charge < -0.3 is 44.1 Å². The molecule has 4 saturated carbocycles. The van der Waals surface area contributed by atoms with Gasteiger partial charge in [-0.2, -0.15) is 0 Å². The fourth-order valence-electron chi connectivity index (χ4n) is 13.5. The predicted molar refractivity (Wildman–Crippen MR) is 168 cm³/mol. The highest BCUT2D eigenvalue weighted by Crippen LogP contribution is 2.89. The van der Waals surface area contributed by atoms with Crippen molar-refractivity contribution in [1.82, 2.24) is 0 Å². The van der Waals surface area contributed by atoms with Crippen molar-refractivity contribution in [2.45, 2.75) is 161 Å². The highest BCUT2D eigenvalue weighted by molar-refractivity contribution is 5.66. The third kappa shape index (κ3) is 3.88. The van der Waals surface area contributed by atoms with Crippen molar-refractivity contribution in [2.24, 2.45) is 44.8 Å². The van der Waals surface area contributed by atoms with Crippen LogP contribution in [-0.4, -0.2) is 93.4 Å². The zero-order valence-electron chi connectivity index (χ0n) is 29.3. The Balaban J connectivity index is 1.10. The van der Waals surface area contributed by atoms with Crippen LogP contribution in [0.1, 0.15) is 100 Å². The molecule has 0 aromatic heterocycles. The molecule has 0 aromatic rings. The van der Waals surface area contributed by atoms with E-state index in [1.165, 1.54) is 12.5 Å². The average molecular weight is 661 g/mol. The summed E-state index contributed by atoms with van der Waals surface area (Å²) in [6.45, 7) is 16.2. The molecule has 0 amide bonds. The normalized spacial score (nSPS) is 57.1. The number of aliphatic hydroxyl groups is 4. The van der Waals surface area contributed by atoms with Crippen molar-refractivity contribution >= 4 is 5.97 Å². The van der Waals surface area contributed by atoms with E-state index in [-0.39, 0.29) is 52.3 Å². The minimum atomic E-state index is -1.29. The molecule has 10 heteroatoms. The van der Waals surface area contributed by atoms with E-state index < -0.39 is 59.6 Å². The molecule has 8 rings (SSSR count). The number of hydrogen-bond donors (Lipinski definition) is 4. The molecule has 10 nitrogen and oxygen atoms in total. The van der Waals surface area contributed by atoms with Gasteiger partial charge in [-0.1, -0.05) is 46.3 Å². The third-order valence-electron chi connectivity index (χ3n) is 15.5. The molecule has 47 heavy (non-hydrogen) atoms. The first-order valence-corrected chi connectivity index (χ1v) is 18.1. The van der Waals surface area contributed by atoms with Gasteiger partial charge in [0.05, 0.1) is 24.4 Å². The molecule has 3 saturated heterocycles. The number of carbonyl (C=O) groups excluding carboxylic acids is 1. The van der Waals surface area contributed by atoms with Crippen LogP contribution in [-0.2, 0) is 28.5 Å². The van der Waals surface area contributed by atoms with Crippen LogP contribution in [0.4, 0.5) is 0 Å². The van der Waals surface area contributed by atoms with Crippen molar-refractivity contribution in [1.29, 1.82) is 0 Å². The van der Waals surface area contributed by atoms with Crippen molar-refractivity contribution in [3.05, 3.63) is 11.6 Å². The molecule has 7 fully saturated rings. The van der Waals surface area contributed by atoms with Crippen LogP contribution in [0.5, 0.6) is 0 Å². The summed E-state index contributed by atoms with van der Waals surface area (Å²) in [5.74, 6) is -1.07. The Morgan fingerprint density at radius 2 is 1.79 bits per heavy atom. The Bertz CT molecular complexity index is 1370. The van der Waals surface area contributed by atoms with E-state index >= 15 is 0 Å². The van der Waals surface area contributed by atoms with Crippen LogP contribution in [0.2, 0.25) is 0 Å². The number of esters is 1. The minimum Gasteiger partial charge on any atom is -0.457 e. The van der Waals surface area contributed by atoms with E-state index in [0.29, 0.717) is 5.92 Å². The van der Waals surface area contributed by atoms with Gasteiger partial charge in [0.2, 0.25) is 0 Å². The Morgan fingerprint density at radius 3 is 2.47 bits per heavy atom. The maximum absolute atomic E-state index is 12.7. The SMILES string of the molecule is CC(=O)O[C@@H]1[C@@H](O)[C@H](O[C@H]2CC[C@]34C[C@]35CC[C@]3(C)[C@H]6[C@H](C)C[C@H]7O[C@@]6(O[C@H]7C(C)(C)O)[C@H](O)[C@@]3(C)C5=CC[C@@H]4C2(C)C)OC[C@H]1O. The molecule has 4 N–H and O–H groups in total. The molecule has 2 bridgehead atoms. The van der Waals surface area contributed by atoms with Crippen molar-refractivity contribution in [2.75, 3.05) is 6.61 Å². The largest absolute Gasteiger partial charge is 0.457 e. The molecular weight excluding hydrogens is 604 g/mol. The molecule has 16 atom stereocenters. The molecule has 8 aliphatic rings. The van der Waals surface area contributed by atoms with E-state index in [2.05, 4.69) is 40.7 Å². The van der Waals surface area contributed by atoms with Crippen LogP contribution in [0.15, 0.2) is 11.6 Å². The van der Waals surface area contributed by atoms with Gasteiger partial charge in [0.1, 0.15) is 24.4 Å². The van der Waals surface area contributed by atoms with Crippen molar-refractivity contribution in [3.8, 4) is 0 Å². The van der Waals surface area contributed by atoms with Gasteiger partial charge >= 0.3 is 5.97 Å². The molecule has 3 aliphatic heterocycles. The fourth-order valence-corrected chi connectivity index (χ4v) is 13.5. The zero-order chi connectivity index (χ0) is 33.9. The summed E-state index contributed by atoms with van der Waals surface area (Å²) < 4.78 is 31.2. The van der Waals surface area contributed by atoms with E-state index in [1.807, 2.05) is 0 Å². The van der Waals surface area contributed by atoms with Crippen molar-refractivity contribution < 1.29 is 48.9 Å². The van der Waals surface area contributed by atoms with Crippen LogP contribution in [0.25, 0.3) is 0 Å². The molecular formula is C37H56O10. The Hall–Kier alpha value is -1.11. The van der Waals surface area contributed by atoms with Gasteiger partial charge in [0.15, 0.2) is 18.2 Å². The molecule has 0 radical (unpaired) electrons. The Labute approximate surface area is 278 Å². The lowest BCUT2D eigenvalue weighted by Crippen LogP contribution is -2.59. The number of fused-ring (bicyclic) bond motifs is 4. The van der Waals surface area contributed by atoms with Crippen LogP contribution >= 0.6 is 0 Å². The van der Waals surface area contributed by atoms with Crippen LogP contribution in [0.3, 0.4) is 0 Å². The second kappa shape index (κ2) is 9.81. The Morgan fingerprint density at radius 1 is 1.06 bits per heavy atom. The smallest absolute Gasteiger partial charge is 0.303 e.